The first-order valence-corrected chi connectivity index (χ1v) is 7.64. The van der Waals surface area contributed by atoms with Crippen LogP contribution in [0.25, 0.3) is 0 Å². The van der Waals surface area contributed by atoms with Crippen LogP contribution in [-0.2, 0) is 19.3 Å². The quantitative estimate of drug-likeness (QED) is 0.691. The highest BCUT2D eigenvalue weighted by molar-refractivity contribution is 5.38. The molecule has 0 amide bonds. The Hall–Kier alpha value is -0.820. The standard InChI is InChI=1S/C17H27N/c1-2-14(13-18)6-4-3-5-7-15-8-9-16-10-11-17(16)12-15/h8-9,12,14H,2-7,10-11,13,18H2,1H3. The molecule has 0 heterocycles. The van der Waals surface area contributed by atoms with Crippen LogP contribution in [0.5, 0.6) is 0 Å². The Kier molecular flexibility index (Phi) is 5.25. The van der Waals surface area contributed by atoms with Crippen molar-refractivity contribution in [3.05, 3.63) is 34.9 Å². The molecule has 1 atom stereocenters. The molecule has 1 nitrogen and oxygen atoms in total. The van der Waals surface area contributed by atoms with Crippen LogP contribution >= 0.6 is 0 Å². The fraction of sp³-hybridized carbons (Fsp3) is 0.647. The smallest absolute Gasteiger partial charge is 0.00490 e. The van der Waals surface area contributed by atoms with Crippen molar-refractivity contribution in [1.29, 1.82) is 0 Å². The molecule has 2 rings (SSSR count). The van der Waals surface area contributed by atoms with Gasteiger partial charge in [-0.2, -0.15) is 0 Å². The van der Waals surface area contributed by atoms with Gasteiger partial charge in [0, 0.05) is 0 Å². The van der Waals surface area contributed by atoms with Crippen LogP contribution in [0.15, 0.2) is 18.2 Å². The Morgan fingerprint density at radius 1 is 1.11 bits per heavy atom. The zero-order chi connectivity index (χ0) is 12.8. The summed E-state index contributed by atoms with van der Waals surface area (Å²) < 4.78 is 0. The third-order valence-corrected chi connectivity index (χ3v) is 4.42. The van der Waals surface area contributed by atoms with Crippen LogP contribution < -0.4 is 5.73 Å². The Balaban J connectivity index is 1.61. The molecule has 1 unspecified atom stereocenters. The number of nitrogens with two attached hydrogens (primary N) is 1. The number of hydrogen-bond acceptors (Lipinski definition) is 1. The summed E-state index contributed by atoms with van der Waals surface area (Å²) in [5.41, 5.74) is 10.4. The van der Waals surface area contributed by atoms with Crippen molar-refractivity contribution in [1.82, 2.24) is 0 Å². The van der Waals surface area contributed by atoms with Gasteiger partial charge < -0.3 is 5.73 Å². The summed E-state index contributed by atoms with van der Waals surface area (Å²) in [5.74, 6) is 0.751. The molecule has 18 heavy (non-hydrogen) atoms. The van der Waals surface area contributed by atoms with Crippen LogP contribution in [0.3, 0.4) is 0 Å². The molecule has 0 saturated heterocycles. The van der Waals surface area contributed by atoms with Crippen molar-refractivity contribution in [3.8, 4) is 0 Å². The van der Waals surface area contributed by atoms with E-state index in [4.69, 9.17) is 5.73 Å². The summed E-state index contributed by atoms with van der Waals surface area (Å²) in [6.45, 7) is 3.11. The van der Waals surface area contributed by atoms with Gasteiger partial charge in [0.05, 0.1) is 0 Å². The van der Waals surface area contributed by atoms with Crippen LogP contribution in [0.4, 0.5) is 0 Å². The molecule has 0 spiro atoms. The first kappa shape index (κ1) is 13.6. The van der Waals surface area contributed by atoms with Gasteiger partial charge in [-0.05, 0) is 61.3 Å². The highest BCUT2D eigenvalue weighted by Crippen LogP contribution is 2.24. The minimum Gasteiger partial charge on any atom is -0.330 e. The van der Waals surface area contributed by atoms with E-state index in [0.717, 1.165) is 12.5 Å². The molecular weight excluding hydrogens is 218 g/mol. The van der Waals surface area contributed by atoms with Gasteiger partial charge in [-0.3, -0.25) is 0 Å². The summed E-state index contributed by atoms with van der Waals surface area (Å²) in [4.78, 5) is 0. The molecule has 1 aromatic rings. The Morgan fingerprint density at radius 3 is 2.56 bits per heavy atom. The maximum atomic E-state index is 5.73. The first-order chi connectivity index (χ1) is 8.83. The van der Waals surface area contributed by atoms with Gasteiger partial charge in [-0.15, -0.1) is 0 Å². The van der Waals surface area contributed by atoms with E-state index in [1.807, 2.05) is 0 Å². The zero-order valence-corrected chi connectivity index (χ0v) is 11.8. The van der Waals surface area contributed by atoms with Gasteiger partial charge >= 0.3 is 0 Å². The lowest BCUT2D eigenvalue weighted by Crippen LogP contribution is -2.13. The molecule has 0 aliphatic heterocycles. The second-order valence-electron chi connectivity index (χ2n) is 5.71. The SMILES string of the molecule is CCC(CN)CCCCCc1ccc2c(c1)CC2. The Bertz CT molecular complexity index is 366. The van der Waals surface area contributed by atoms with Gasteiger partial charge in [0.15, 0.2) is 0 Å². The van der Waals surface area contributed by atoms with Crippen LogP contribution in [0.1, 0.15) is 55.7 Å². The lowest BCUT2D eigenvalue weighted by Gasteiger charge is -2.19. The normalized spacial score (nSPS) is 15.0. The number of rotatable bonds is 8. The summed E-state index contributed by atoms with van der Waals surface area (Å²) >= 11 is 0. The number of aryl methyl sites for hydroxylation is 3. The van der Waals surface area contributed by atoms with E-state index in [9.17, 15) is 0 Å². The molecule has 1 aliphatic rings. The van der Waals surface area contributed by atoms with Crippen LogP contribution in [0.2, 0.25) is 0 Å². The monoisotopic (exact) mass is 245 g/mol. The first-order valence-electron chi connectivity index (χ1n) is 7.64. The molecule has 0 aromatic heterocycles. The van der Waals surface area contributed by atoms with Gasteiger partial charge in [0.1, 0.15) is 0 Å². The molecule has 1 aliphatic carbocycles. The summed E-state index contributed by atoms with van der Waals surface area (Å²) in [5, 5.41) is 0. The fourth-order valence-electron chi connectivity index (χ4n) is 2.83. The van der Waals surface area contributed by atoms with Crippen LogP contribution in [-0.4, -0.2) is 6.54 Å². The highest BCUT2D eigenvalue weighted by Gasteiger charge is 2.12. The van der Waals surface area contributed by atoms with Crippen LogP contribution in [0, 0.1) is 5.92 Å². The number of hydrogen-bond donors (Lipinski definition) is 1. The lowest BCUT2D eigenvalue weighted by atomic mass is 9.86. The average Bonchev–Trinajstić information content (AvgIpc) is 2.37. The fourth-order valence-corrected chi connectivity index (χ4v) is 2.83. The van der Waals surface area contributed by atoms with E-state index in [1.54, 1.807) is 16.7 Å². The van der Waals surface area contributed by atoms with Crippen molar-refractivity contribution in [3.63, 3.8) is 0 Å². The lowest BCUT2D eigenvalue weighted by molar-refractivity contribution is 0.451. The van der Waals surface area contributed by atoms with Gasteiger partial charge in [0.2, 0.25) is 0 Å². The minimum absolute atomic E-state index is 0.751. The highest BCUT2D eigenvalue weighted by atomic mass is 14.5. The largest absolute Gasteiger partial charge is 0.330 e. The molecular formula is C17H27N. The van der Waals surface area contributed by atoms with Crippen molar-refractivity contribution >= 4 is 0 Å². The van der Waals surface area contributed by atoms with E-state index in [1.165, 1.54) is 51.4 Å². The third-order valence-electron chi connectivity index (χ3n) is 4.42. The zero-order valence-electron chi connectivity index (χ0n) is 11.8. The minimum atomic E-state index is 0.751. The van der Waals surface area contributed by atoms with Gasteiger partial charge in [0.25, 0.3) is 0 Å². The van der Waals surface area contributed by atoms with Crippen molar-refractivity contribution in [2.75, 3.05) is 6.54 Å². The molecule has 2 N–H and O–H groups in total. The Morgan fingerprint density at radius 2 is 1.94 bits per heavy atom. The predicted octanol–water partition coefficient (Wildman–Crippen LogP) is 3.87. The second-order valence-corrected chi connectivity index (χ2v) is 5.71. The topological polar surface area (TPSA) is 26.0 Å². The molecule has 1 heteroatoms. The molecule has 100 valence electrons. The number of unbranched alkanes of at least 4 members (excludes halogenated alkanes) is 2. The van der Waals surface area contributed by atoms with E-state index in [-0.39, 0.29) is 0 Å². The molecule has 0 saturated carbocycles. The summed E-state index contributed by atoms with van der Waals surface area (Å²) in [7, 11) is 0. The number of benzene rings is 1. The van der Waals surface area contributed by atoms with Crippen molar-refractivity contribution in [2.45, 2.75) is 58.3 Å². The summed E-state index contributed by atoms with van der Waals surface area (Å²) in [6, 6.07) is 7.08. The van der Waals surface area contributed by atoms with E-state index in [0.29, 0.717) is 0 Å². The molecule has 0 fully saturated rings. The van der Waals surface area contributed by atoms with E-state index < -0.39 is 0 Å². The van der Waals surface area contributed by atoms with Crippen molar-refractivity contribution in [2.24, 2.45) is 11.7 Å². The van der Waals surface area contributed by atoms with Gasteiger partial charge in [-0.25, -0.2) is 0 Å². The number of fused-ring (bicyclic) bond motifs is 1. The third kappa shape index (κ3) is 3.58. The maximum Gasteiger partial charge on any atom is -0.00490 e. The molecule has 1 aromatic carbocycles. The summed E-state index contributed by atoms with van der Waals surface area (Å²) in [6.07, 6.45) is 10.4. The van der Waals surface area contributed by atoms with Gasteiger partial charge in [-0.1, -0.05) is 44.4 Å². The second kappa shape index (κ2) is 6.94. The average molecular weight is 245 g/mol. The van der Waals surface area contributed by atoms with E-state index in [2.05, 4.69) is 25.1 Å². The van der Waals surface area contributed by atoms with Crippen molar-refractivity contribution < 1.29 is 0 Å². The Labute approximate surface area is 112 Å². The maximum absolute atomic E-state index is 5.73. The predicted molar refractivity (Wildman–Crippen MR) is 78.9 cm³/mol. The van der Waals surface area contributed by atoms with E-state index >= 15 is 0 Å². The molecule has 0 bridgehead atoms. The molecule has 0 radical (unpaired) electrons.